The summed E-state index contributed by atoms with van der Waals surface area (Å²) in [5.41, 5.74) is 3.71. The van der Waals surface area contributed by atoms with Gasteiger partial charge in [0.25, 0.3) is 0 Å². The Morgan fingerprint density at radius 3 is 2.97 bits per heavy atom. The van der Waals surface area contributed by atoms with E-state index in [4.69, 9.17) is 0 Å². The van der Waals surface area contributed by atoms with Gasteiger partial charge in [0.1, 0.15) is 5.82 Å². The molecule has 1 saturated heterocycles. The van der Waals surface area contributed by atoms with Crippen LogP contribution in [0.5, 0.6) is 0 Å². The molecule has 2 atom stereocenters. The first kappa shape index (κ1) is 19.7. The van der Waals surface area contributed by atoms with Gasteiger partial charge < -0.3 is 19.0 Å². The van der Waals surface area contributed by atoms with Crippen LogP contribution in [0.3, 0.4) is 0 Å². The third-order valence-corrected chi connectivity index (χ3v) is 6.16. The first-order chi connectivity index (χ1) is 15.1. The second-order valence-electron chi connectivity index (χ2n) is 8.17. The van der Waals surface area contributed by atoms with Crippen molar-refractivity contribution >= 4 is 22.6 Å². The number of hydrogen-bond acceptors (Lipinski definition) is 5. The van der Waals surface area contributed by atoms with Crippen molar-refractivity contribution < 1.29 is 9.90 Å². The van der Waals surface area contributed by atoms with Gasteiger partial charge in [-0.2, -0.15) is 0 Å². The molecule has 1 aliphatic rings. The normalized spacial score (nSPS) is 19.0. The molecule has 160 valence electrons. The van der Waals surface area contributed by atoms with Gasteiger partial charge in [0, 0.05) is 57.0 Å². The minimum Gasteiger partial charge on any atom is -0.391 e. The highest BCUT2D eigenvalue weighted by Gasteiger charge is 2.34. The molecule has 31 heavy (non-hydrogen) atoms. The highest BCUT2D eigenvalue weighted by atomic mass is 16.3. The molecular formula is C23H26N6O2. The third kappa shape index (κ3) is 3.79. The van der Waals surface area contributed by atoms with E-state index in [-0.39, 0.29) is 11.8 Å². The van der Waals surface area contributed by atoms with Crippen molar-refractivity contribution in [2.45, 2.75) is 38.8 Å². The maximum absolute atomic E-state index is 12.9. The fourth-order valence-corrected chi connectivity index (χ4v) is 4.51. The zero-order chi connectivity index (χ0) is 21.4. The number of hydrogen-bond donors (Lipinski definition) is 1. The van der Waals surface area contributed by atoms with Crippen LogP contribution in [-0.2, 0) is 24.2 Å². The van der Waals surface area contributed by atoms with Crippen LogP contribution < -0.4 is 0 Å². The number of carbonyl (C=O) groups excluding carboxylic acids is 1. The van der Waals surface area contributed by atoms with Gasteiger partial charge in [-0.05, 0) is 18.6 Å². The average molecular weight is 419 g/mol. The number of aliphatic hydroxyl groups is 1. The topological polar surface area (TPSA) is 88.6 Å². The molecule has 0 bridgehead atoms. The van der Waals surface area contributed by atoms with Gasteiger partial charge in [0.15, 0.2) is 5.65 Å². The zero-order valence-corrected chi connectivity index (χ0v) is 17.6. The predicted molar refractivity (Wildman–Crippen MR) is 116 cm³/mol. The Morgan fingerprint density at radius 2 is 2.10 bits per heavy atom. The number of fused-ring (bicyclic) bond motifs is 2. The van der Waals surface area contributed by atoms with E-state index in [0.29, 0.717) is 32.5 Å². The summed E-state index contributed by atoms with van der Waals surface area (Å²) in [4.78, 5) is 28.0. The predicted octanol–water partition coefficient (Wildman–Crippen LogP) is 2.09. The van der Waals surface area contributed by atoms with Crippen molar-refractivity contribution in [3.8, 4) is 0 Å². The highest BCUT2D eigenvalue weighted by Crippen LogP contribution is 2.23. The lowest BCUT2D eigenvalue weighted by molar-refractivity contribution is -0.130. The Balaban J connectivity index is 1.23. The average Bonchev–Trinajstić information content (AvgIpc) is 3.49. The molecular weight excluding hydrogens is 392 g/mol. The molecule has 1 aromatic carbocycles. The molecule has 1 amide bonds. The minimum absolute atomic E-state index is 0.0160. The van der Waals surface area contributed by atoms with Gasteiger partial charge >= 0.3 is 0 Å². The lowest BCUT2D eigenvalue weighted by Crippen LogP contribution is -2.30. The van der Waals surface area contributed by atoms with Gasteiger partial charge in [0.2, 0.25) is 5.91 Å². The standard InChI is InChI=1S/C23H26N6O2/c1-2-21-26-18-5-3-4-6-19(18)29(21)9-7-23(31)28-13-16(20(30)15-28)11-17-14-27-10-8-24-22(27)12-25-17/h3-6,8,10,12,14,16,20,30H,2,7,9,11,13,15H2,1H3/t16-,20+/m0/s1. The first-order valence-electron chi connectivity index (χ1n) is 10.8. The largest absolute Gasteiger partial charge is 0.391 e. The van der Waals surface area contributed by atoms with Crippen molar-refractivity contribution in [2.75, 3.05) is 13.1 Å². The summed E-state index contributed by atoms with van der Waals surface area (Å²) in [6.45, 7) is 3.60. The summed E-state index contributed by atoms with van der Waals surface area (Å²) in [6, 6.07) is 8.03. The molecule has 4 heterocycles. The lowest BCUT2D eigenvalue weighted by Gasteiger charge is -2.17. The Morgan fingerprint density at radius 1 is 1.23 bits per heavy atom. The Kier molecular flexibility index (Phi) is 5.15. The number of carbonyl (C=O) groups is 1. The summed E-state index contributed by atoms with van der Waals surface area (Å²) in [6.07, 6.45) is 8.60. The molecule has 0 unspecified atom stereocenters. The lowest BCUT2D eigenvalue weighted by atomic mass is 10.0. The van der Waals surface area contributed by atoms with E-state index in [9.17, 15) is 9.90 Å². The van der Waals surface area contributed by atoms with Crippen molar-refractivity contribution in [2.24, 2.45) is 5.92 Å². The van der Waals surface area contributed by atoms with E-state index >= 15 is 0 Å². The van der Waals surface area contributed by atoms with Gasteiger partial charge in [0.05, 0.1) is 29.0 Å². The number of aromatic nitrogens is 5. The second kappa shape index (κ2) is 8.11. The smallest absolute Gasteiger partial charge is 0.224 e. The summed E-state index contributed by atoms with van der Waals surface area (Å²) < 4.78 is 4.06. The summed E-state index contributed by atoms with van der Waals surface area (Å²) in [5.74, 6) is 1.05. The van der Waals surface area contributed by atoms with E-state index in [2.05, 4.69) is 26.4 Å². The molecule has 1 fully saturated rings. The van der Waals surface area contributed by atoms with Crippen LogP contribution in [0.4, 0.5) is 0 Å². The molecule has 5 rings (SSSR count). The van der Waals surface area contributed by atoms with E-state index in [1.807, 2.05) is 41.1 Å². The number of amides is 1. The number of rotatable bonds is 6. The van der Waals surface area contributed by atoms with Crippen LogP contribution in [0, 0.1) is 5.92 Å². The second-order valence-corrected chi connectivity index (χ2v) is 8.17. The molecule has 8 heteroatoms. The Bertz CT molecular complexity index is 1230. The number of β-amino-alcohol motifs (C(OH)–C–C–N with tert-alkyl or cyclic N) is 1. The monoisotopic (exact) mass is 418 g/mol. The van der Waals surface area contributed by atoms with Crippen molar-refractivity contribution in [3.63, 3.8) is 0 Å². The van der Waals surface area contributed by atoms with Gasteiger partial charge in [-0.3, -0.25) is 9.78 Å². The van der Waals surface area contributed by atoms with Gasteiger partial charge in [-0.15, -0.1) is 0 Å². The molecule has 0 spiro atoms. The molecule has 1 N–H and O–H groups in total. The summed E-state index contributed by atoms with van der Waals surface area (Å²) in [7, 11) is 0. The number of likely N-dealkylation sites (tertiary alicyclic amines) is 1. The van der Waals surface area contributed by atoms with Gasteiger partial charge in [-0.25, -0.2) is 9.97 Å². The summed E-state index contributed by atoms with van der Waals surface area (Å²) in [5, 5.41) is 10.6. The molecule has 8 nitrogen and oxygen atoms in total. The maximum atomic E-state index is 12.9. The van der Waals surface area contributed by atoms with Crippen LogP contribution in [0.15, 0.2) is 49.1 Å². The maximum Gasteiger partial charge on any atom is 0.224 e. The fourth-order valence-electron chi connectivity index (χ4n) is 4.51. The van der Waals surface area contributed by atoms with E-state index in [1.165, 1.54) is 0 Å². The quantitative estimate of drug-likeness (QED) is 0.518. The Hall–Kier alpha value is -3.26. The van der Waals surface area contributed by atoms with E-state index in [0.717, 1.165) is 34.6 Å². The van der Waals surface area contributed by atoms with Crippen LogP contribution in [0.25, 0.3) is 16.7 Å². The molecule has 4 aromatic rings. The number of benzene rings is 1. The van der Waals surface area contributed by atoms with Crippen molar-refractivity contribution in [1.82, 2.24) is 28.8 Å². The molecule has 1 aliphatic heterocycles. The van der Waals surface area contributed by atoms with E-state index in [1.54, 1.807) is 17.3 Å². The molecule has 0 radical (unpaired) electrons. The summed E-state index contributed by atoms with van der Waals surface area (Å²) >= 11 is 0. The van der Waals surface area contributed by atoms with Crippen molar-refractivity contribution in [3.05, 3.63) is 60.6 Å². The number of aliphatic hydroxyl groups excluding tert-OH is 1. The van der Waals surface area contributed by atoms with Crippen molar-refractivity contribution in [1.29, 1.82) is 0 Å². The van der Waals surface area contributed by atoms with Gasteiger partial charge in [-0.1, -0.05) is 19.1 Å². The Labute approximate surface area is 180 Å². The third-order valence-electron chi connectivity index (χ3n) is 6.16. The van der Waals surface area contributed by atoms with Crippen LogP contribution in [0.2, 0.25) is 0 Å². The highest BCUT2D eigenvalue weighted by molar-refractivity contribution is 5.78. The zero-order valence-electron chi connectivity index (χ0n) is 17.6. The van der Waals surface area contributed by atoms with E-state index < -0.39 is 6.10 Å². The fraction of sp³-hybridized carbons (Fsp3) is 0.391. The first-order valence-corrected chi connectivity index (χ1v) is 10.8. The number of para-hydroxylation sites is 2. The van der Waals surface area contributed by atoms with Crippen LogP contribution >= 0.6 is 0 Å². The molecule has 0 saturated carbocycles. The van der Waals surface area contributed by atoms with Crippen LogP contribution in [0.1, 0.15) is 24.9 Å². The molecule has 3 aromatic heterocycles. The number of nitrogens with zero attached hydrogens (tertiary/aromatic N) is 6. The minimum atomic E-state index is -0.537. The SMILES string of the molecule is CCc1nc2ccccc2n1CCC(=O)N1C[C@H](Cc2cn3ccnc3cn2)[C@H](O)C1. The van der Waals surface area contributed by atoms with Crippen LogP contribution in [-0.4, -0.2) is 59.0 Å². The number of imidazole rings is 2. The number of aryl methyl sites for hydroxylation is 2. The molecule has 0 aliphatic carbocycles.